The van der Waals surface area contributed by atoms with E-state index in [1.807, 2.05) is 51.1 Å². The Bertz CT molecular complexity index is 960. The molecule has 27 heavy (non-hydrogen) atoms. The van der Waals surface area contributed by atoms with Crippen molar-refractivity contribution in [2.45, 2.75) is 44.4 Å². The minimum absolute atomic E-state index is 0.107. The number of nitrogens with zero attached hydrogens (tertiary/aromatic N) is 1. The Labute approximate surface area is 161 Å². The zero-order chi connectivity index (χ0) is 19.6. The highest BCUT2D eigenvalue weighted by molar-refractivity contribution is 7.89. The topological polar surface area (TPSA) is 54.5 Å². The van der Waals surface area contributed by atoms with Gasteiger partial charge in [-0.1, -0.05) is 67.4 Å². The molecule has 0 bridgehead atoms. The van der Waals surface area contributed by atoms with E-state index in [1.165, 1.54) is 0 Å². The molecule has 1 atom stereocenters. The molecule has 0 spiro atoms. The molecule has 2 aromatic carbocycles. The molecule has 1 amide bonds. The van der Waals surface area contributed by atoms with Gasteiger partial charge >= 0.3 is 0 Å². The summed E-state index contributed by atoms with van der Waals surface area (Å²) in [5.41, 5.74) is 3.68. The fourth-order valence-electron chi connectivity index (χ4n) is 3.73. The van der Waals surface area contributed by atoms with Crippen LogP contribution in [0.25, 0.3) is 0 Å². The molecule has 1 aliphatic rings. The number of amides is 1. The third-order valence-corrected chi connectivity index (χ3v) is 6.95. The molecule has 0 aromatic heterocycles. The predicted octanol–water partition coefficient (Wildman–Crippen LogP) is 4.43. The lowest BCUT2D eigenvalue weighted by atomic mass is 9.83. The van der Waals surface area contributed by atoms with E-state index in [1.54, 1.807) is 24.3 Å². The molecule has 0 N–H and O–H groups in total. The van der Waals surface area contributed by atoms with Crippen molar-refractivity contribution in [1.29, 1.82) is 0 Å². The number of rotatable bonds is 5. The van der Waals surface area contributed by atoms with Crippen LogP contribution >= 0.6 is 0 Å². The highest BCUT2D eigenvalue weighted by atomic mass is 32.2. The number of aryl methyl sites for hydroxylation is 1. The van der Waals surface area contributed by atoms with Gasteiger partial charge in [-0.25, -0.2) is 12.7 Å². The lowest BCUT2D eigenvalue weighted by Crippen LogP contribution is -2.44. The largest absolute Gasteiger partial charge is 0.268 e. The van der Waals surface area contributed by atoms with Crippen molar-refractivity contribution in [3.63, 3.8) is 0 Å². The summed E-state index contributed by atoms with van der Waals surface area (Å²) in [6.45, 7) is 5.98. The second-order valence-electron chi connectivity index (χ2n) is 6.83. The monoisotopic (exact) mass is 383 g/mol. The van der Waals surface area contributed by atoms with Gasteiger partial charge in [-0.3, -0.25) is 4.79 Å². The van der Waals surface area contributed by atoms with Crippen LogP contribution in [-0.2, 0) is 14.8 Å². The fourth-order valence-corrected chi connectivity index (χ4v) is 5.14. The minimum Gasteiger partial charge on any atom is -0.268 e. The van der Waals surface area contributed by atoms with E-state index < -0.39 is 10.0 Å². The van der Waals surface area contributed by atoms with Crippen LogP contribution in [0.2, 0.25) is 0 Å². The van der Waals surface area contributed by atoms with Gasteiger partial charge < -0.3 is 0 Å². The van der Waals surface area contributed by atoms with E-state index in [0.29, 0.717) is 12.0 Å². The summed E-state index contributed by atoms with van der Waals surface area (Å²) < 4.78 is 27.5. The van der Waals surface area contributed by atoms with E-state index in [0.717, 1.165) is 27.4 Å². The third kappa shape index (κ3) is 3.56. The summed E-state index contributed by atoms with van der Waals surface area (Å²) in [6.07, 6.45) is 1.25. The zero-order valence-corrected chi connectivity index (χ0v) is 16.8. The van der Waals surface area contributed by atoms with E-state index in [9.17, 15) is 13.2 Å². The Morgan fingerprint density at radius 3 is 2.15 bits per heavy atom. The summed E-state index contributed by atoms with van der Waals surface area (Å²) in [4.78, 5) is 13.2. The molecule has 1 unspecified atom stereocenters. The van der Waals surface area contributed by atoms with E-state index >= 15 is 0 Å². The molecule has 0 saturated carbocycles. The quantitative estimate of drug-likeness (QED) is 0.768. The number of sulfonamides is 1. The Kier molecular flexibility index (Phi) is 5.51. The minimum atomic E-state index is -3.89. The lowest BCUT2D eigenvalue weighted by molar-refractivity contribution is -0.123. The molecular formula is C22H25NO3S. The summed E-state index contributed by atoms with van der Waals surface area (Å²) in [5.74, 6) is -0.494. The van der Waals surface area contributed by atoms with E-state index in [2.05, 4.69) is 0 Å². The summed E-state index contributed by atoms with van der Waals surface area (Å²) in [7, 11) is -3.89. The Morgan fingerprint density at radius 1 is 0.963 bits per heavy atom. The van der Waals surface area contributed by atoms with Gasteiger partial charge in [0, 0.05) is 18.0 Å². The van der Waals surface area contributed by atoms with Crippen LogP contribution in [0.4, 0.5) is 0 Å². The first-order chi connectivity index (χ1) is 12.9. The smallest absolute Gasteiger partial charge is 0.266 e. The first-order valence-electron chi connectivity index (χ1n) is 9.30. The van der Waals surface area contributed by atoms with Gasteiger partial charge in [-0.2, -0.15) is 0 Å². The first-order valence-corrected chi connectivity index (χ1v) is 10.7. The standard InChI is InChI=1S/C22H25NO3S/c1-4-19-20(5-2)22(24)23(15-21(19)17-9-7-6-8-10-17)27(25,26)18-13-11-16(3)12-14-18/h6-14,21H,4-5,15H2,1-3H3. The molecule has 1 aliphatic heterocycles. The number of benzene rings is 2. The van der Waals surface area contributed by atoms with Gasteiger partial charge in [-0.05, 0) is 37.5 Å². The van der Waals surface area contributed by atoms with Crippen LogP contribution in [0.15, 0.2) is 70.6 Å². The van der Waals surface area contributed by atoms with E-state index in [4.69, 9.17) is 0 Å². The predicted molar refractivity (Wildman–Crippen MR) is 107 cm³/mol. The van der Waals surface area contributed by atoms with Crippen molar-refractivity contribution in [3.8, 4) is 0 Å². The van der Waals surface area contributed by atoms with Gasteiger partial charge in [0.2, 0.25) is 0 Å². The summed E-state index contributed by atoms with van der Waals surface area (Å²) in [6, 6.07) is 16.5. The van der Waals surface area contributed by atoms with Crippen molar-refractivity contribution in [2.75, 3.05) is 6.54 Å². The van der Waals surface area contributed by atoms with Crippen LogP contribution in [0.1, 0.15) is 43.7 Å². The second-order valence-corrected chi connectivity index (χ2v) is 8.69. The Balaban J connectivity index is 2.11. The van der Waals surface area contributed by atoms with Gasteiger partial charge in [0.15, 0.2) is 0 Å². The van der Waals surface area contributed by atoms with Crippen LogP contribution in [-0.4, -0.2) is 25.2 Å². The maximum atomic E-state index is 13.2. The van der Waals surface area contributed by atoms with Crippen molar-refractivity contribution in [1.82, 2.24) is 4.31 Å². The Hall–Kier alpha value is -2.40. The molecule has 0 radical (unpaired) electrons. The Morgan fingerprint density at radius 2 is 1.59 bits per heavy atom. The van der Waals surface area contributed by atoms with Gasteiger partial charge in [0.05, 0.1) is 4.90 Å². The SMILES string of the molecule is CCC1=C(CC)C(c2ccccc2)CN(S(=O)(=O)c2ccc(C)cc2)C1=O. The normalized spacial score (nSPS) is 18.1. The molecule has 0 aliphatic carbocycles. The van der Waals surface area contributed by atoms with Crippen LogP contribution < -0.4 is 0 Å². The molecule has 142 valence electrons. The number of carbonyl (C=O) groups excluding carboxylic acids is 1. The van der Waals surface area contributed by atoms with Crippen molar-refractivity contribution in [2.24, 2.45) is 0 Å². The molecule has 4 nitrogen and oxygen atoms in total. The number of carbonyl (C=O) groups is 1. The fraction of sp³-hybridized carbons (Fsp3) is 0.318. The van der Waals surface area contributed by atoms with Crippen molar-refractivity contribution in [3.05, 3.63) is 76.9 Å². The average molecular weight is 384 g/mol. The van der Waals surface area contributed by atoms with Gasteiger partial charge in [-0.15, -0.1) is 0 Å². The molecule has 1 heterocycles. The maximum absolute atomic E-state index is 13.2. The summed E-state index contributed by atoms with van der Waals surface area (Å²) in [5, 5.41) is 0. The summed E-state index contributed by atoms with van der Waals surface area (Å²) >= 11 is 0. The second kappa shape index (κ2) is 7.69. The third-order valence-electron chi connectivity index (χ3n) is 5.19. The number of hydrogen-bond donors (Lipinski definition) is 0. The van der Waals surface area contributed by atoms with Crippen LogP contribution in [0.3, 0.4) is 0 Å². The van der Waals surface area contributed by atoms with E-state index in [-0.39, 0.29) is 23.3 Å². The molecule has 5 heteroatoms. The highest BCUT2D eigenvalue weighted by Crippen LogP contribution is 2.38. The zero-order valence-electron chi connectivity index (χ0n) is 16.0. The molecule has 0 saturated heterocycles. The first kappa shape index (κ1) is 19.4. The van der Waals surface area contributed by atoms with Gasteiger partial charge in [0.25, 0.3) is 15.9 Å². The lowest BCUT2D eigenvalue weighted by Gasteiger charge is -2.35. The van der Waals surface area contributed by atoms with Crippen molar-refractivity contribution < 1.29 is 13.2 Å². The number of hydrogen-bond acceptors (Lipinski definition) is 3. The molecule has 0 fully saturated rings. The van der Waals surface area contributed by atoms with Crippen molar-refractivity contribution >= 4 is 15.9 Å². The highest BCUT2D eigenvalue weighted by Gasteiger charge is 2.39. The van der Waals surface area contributed by atoms with Crippen LogP contribution in [0.5, 0.6) is 0 Å². The molecule has 3 rings (SSSR count). The molecule has 2 aromatic rings. The maximum Gasteiger partial charge on any atom is 0.266 e. The average Bonchev–Trinajstić information content (AvgIpc) is 2.68. The van der Waals surface area contributed by atoms with Gasteiger partial charge in [0.1, 0.15) is 0 Å². The molecular weight excluding hydrogens is 358 g/mol. The van der Waals surface area contributed by atoms with Crippen LogP contribution in [0, 0.1) is 6.92 Å².